The summed E-state index contributed by atoms with van der Waals surface area (Å²) in [7, 11) is -3.53. The molecule has 1 fully saturated rings. The van der Waals surface area contributed by atoms with Crippen LogP contribution in [0.3, 0.4) is 0 Å². The van der Waals surface area contributed by atoms with Crippen molar-refractivity contribution in [2.24, 2.45) is 0 Å². The van der Waals surface area contributed by atoms with Crippen LogP contribution in [0.15, 0.2) is 47.4 Å². The molecule has 0 aliphatic carbocycles. The number of benzene rings is 2. The zero-order valence-electron chi connectivity index (χ0n) is 15.1. The predicted molar refractivity (Wildman–Crippen MR) is 108 cm³/mol. The molecule has 0 unspecified atom stereocenters. The van der Waals surface area contributed by atoms with E-state index in [1.165, 1.54) is 12.1 Å². The largest absolute Gasteiger partial charge is 0.343 e. The highest BCUT2D eigenvalue weighted by atomic mass is 35.5. The molecule has 1 heterocycles. The van der Waals surface area contributed by atoms with E-state index < -0.39 is 20.9 Å². The van der Waals surface area contributed by atoms with Gasteiger partial charge in [-0.1, -0.05) is 29.3 Å². The molecule has 1 amide bonds. The first kappa shape index (κ1) is 21.1. The summed E-state index contributed by atoms with van der Waals surface area (Å²) in [5, 5.41) is 0.494. The Kier molecular flexibility index (Phi) is 6.63. The second kappa shape index (κ2) is 8.80. The van der Waals surface area contributed by atoms with Crippen LogP contribution in [0, 0.1) is 5.82 Å². The highest BCUT2D eigenvalue weighted by Gasteiger charge is 2.32. The van der Waals surface area contributed by atoms with Gasteiger partial charge in [-0.3, -0.25) is 4.79 Å². The molecule has 4 nitrogen and oxygen atoms in total. The monoisotopic (exact) mass is 443 g/mol. The number of nitrogens with zero attached hydrogens (tertiary/aromatic N) is 1. The average Bonchev–Trinajstić information content (AvgIpc) is 2.68. The summed E-state index contributed by atoms with van der Waals surface area (Å²) in [4.78, 5) is 14.3. The lowest BCUT2D eigenvalue weighted by atomic mass is 10.1. The van der Waals surface area contributed by atoms with E-state index in [9.17, 15) is 17.6 Å². The number of carbonyl (C=O) groups is 1. The molecule has 2 aromatic carbocycles. The van der Waals surface area contributed by atoms with E-state index in [2.05, 4.69) is 0 Å². The maximum Gasteiger partial charge on any atom is 0.222 e. The second-order valence-electron chi connectivity index (χ2n) is 6.78. The Morgan fingerprint density at radius 2 is 1.61 bits per heavy atom. The van der Waals surface area contributed by atoms with E-state index in [1.807, 2.05) is 0 Å². The first-order chi connectivity index (χ1) is 13.3. The first-order valence-electron chi connectivity index (χ1n) is 8.99. The number of sulfone groups is 1. The lowest BCUT2D eigenvalue weighted by Gasteiger charge is -2.32. The zero-order chi connectivity index (χ0) is 20.3. The summed E-state index contributed by atoms with van der Waals surface area (Å²) in [6.45, 7) is 0.750. The fourth-order valence-electron chi connectivity index (χ4n) is 3.39. The molecule has 0 radical (unpaired) electrons. The molecule has 0 bridgehead atoms. The number of rotatable bonds is 5. The third kappa shape index (κ3) is 4.67. The van der Waals surface area contributed by atoms with Crippen LogP contribution in [0.2, 0.25) is 10.0 Å². The van der Waals surface area contributed by atoms with Crippen molar-refractivity contribution in [3.63, 3.8) is 0 Å². The Labute approximate surface area is 174 Å². The van der Waals surface area contributed by atoms with E-state index >= 15 is 0 Å². The Balaban J connectivity index is 1.57. The van der Waals surface area contributed by atoms with E-state index in [0.717, 1.165) is 17.7 Å². The van der Waals surface area contributed by atoms with E-state index in [1.54, 1.807) is 23.1 Å². The predicted octanol–water partition coefficient (Wildman–Crippen LogP) is 4.53. The number of hydrogen-bond acceptors (Lipinski definition) is 3. The van der Waals surface area contributed by atoms with Crippen LogP contribution in [0.1, 0.15) is 24.8 Å². The molecule has 8 heteroatoms. The molecule has 2 aromatic rings. The number of hydrogen-bond donors (Lipinski definition) is 0. The van der Waals surface area contributed by atoms with Gasteiger partial charge in [0.25, 0.3) is 0 Å². The maximum atomic E-state index is 13.0. The van der Waals surface area contributed by atoms with Crippen LogP contribution in [-0.2, 0) is 21.1 Å². The fraction of sp³-hybridized carbons (Fsp3) is 0.350. The third-order valence-electron chi connectivity index (χ3n) is 5.03. The number of piperidine rings is 1. The lowest BCUT2D eigenvalue weighted by Crippen LogP contribution is -2.42. The molecule has 0 atom stereocenters. The zero-order valence-corrected chi connectivity index (χ0v) is 17.4. The van der Waals surface area contributed by atoms with Crippen LogP contribution in [-0.4, -0.2) is 37.6 Å². The quantitative estimate of drug-likeness (QED) is 0.637. The van der Waals surface area contributed by atoms with Gasteiger partial charge in [-0.2, -0.15) is 0 Å². The normalized spacial score (nSPS) is 15.6. The summed E-state index contributed by atoms with van der Waals surface area (Å²) in [5.41, 5.74) is 0.743. The number of likely N-dealkylation sites (tertiary alicyclic amines) is 1. The molecule has 0 N–H and O–H groups in total. The van der Waals surface area contributed by atoms with Gasteiger partial charge in [0.15, 0.2) is 9.84 Å². The van der Waals surface area contributed by atoms with Crippen molar-refractivity contribution < 1.29 is 17.6 Å². The molecule has 0 aromatic heterocycles. The minimum Gasteiger partial charge on any atom is -0.343 e. The lowest BCUT2D eigenvalue weighted by molar-refractivity contribution is -0.132. The van der Waals surface area contributed by atoms with Gasteiger partial charge < -0.3 is 4.90 Å². The van der Waals surface area contributed by atoms with Crippen molar-refractivity contribution in [2.75, 3.05) is 13.1 Å². The van der Waals surface area contributed by atoms with Gasteiger partial charge in [0, 0.05) is 29.6 Å². The van der Waals surface area contributed by atoms with Crippen molar-refractivity contribution >= 4 is 38.9 Å². The van der Waals surface area contributed by atoms with Crippen LogP contribution in [0.4, 0.5) is 4.39 Å². The topological polar surface area (TPSA) is 54.5 Å². The van der Waals surface area contributed by atoms with Gasteiger partial charge in [-0.05, 0) is 61.2 Å². The Morgan fingerprint density at radius 1 is 1.04 bits per heavy atom. The summed E-state index contributed by atoms with van der Waals surface area (Å²) in [5.74, 6) is -0.522. The van der Waals surface area contributed by atoms with Crippen LogP contribution in [0.5, 0.6) is 0 Å². The second-order valence-corrected chi connectivity index (χ2v) is 9.82. The van der Waals surface area contributed by atoms with Gasteiger partial charge in [0.1, 0.15) is 5.82 Å². The van der Waals surface area contributed by atoms with Gasteiger partial charge in [0.05, 0.1) is 10.1 Å². The molecule has 150 valence electrons. The van der Waals surface area contributed by atoms with Crippen LogP contribution < -0.4 is 0 Å². The molecule has 0 saturated carbocycles. The molecular formula is C20H20Cl2FNO3S. The highest BCUT2D eigenvalue weighted by molar-refractivity contribution is 7.92. The molecule has 28 heavy (non-hydrogen) atoms. The van der Waals surface area contributed by atoms with Crippen molar-refractivity contribution in [2.45, 2.75) is 35.8 Å². The Morgan fingerprint density at radius 3 is 2.18 bits per heavy atom. The number of carbonyl (C=O) groups excluding carboxylic acids is 1. The molecule has 1 saturated heterocycles. The molecule has 1 aliphatic heterocycles. The standard InChI is InChI=1S/C20H20Cl2FNO3S/c21-18-2-1-3-19(22)17(18)8-9-20(25)24-12-10-16(11-13-24)28(26,27)15-6-4-14(23)5-7-15/h1-7,16H,8-13H2. The fourth-order valence-corrected chi connectivity index (χ4v) is 5.71. The summed E-state index contributed by atoms with van der Waals surface area (Å²) in [6.07, 6.45) is 1.42. The average molecular weight is 444 g/mol. The van der Waals surface area contributed by atoms with Crippen molar-refractivity contribution in [1.82, 2.24) is 4.90 Å². The summed E-state index contributed by atoms with van der Waals surface area (Å²) < 4.78 is 38.5. The van der Waals surface area contributed by atoms with Crippen molar-refractivity contribution in [1.29, 1.82) is 0 Å². The Bertz CT molecular complexity index is 936. The van der Waals surface area contributed by atoms with Crippen LogP contribution in [0.25, 0.3) is 0 Å². The third-order valence-corrected chi connectivity index (χ3v) is 8.01. The Hall–Kier alpha value is -1.63. The SMILES string of the molecule is O=C(CCc1c(Cl)cccc1Cl)N1CCC(S(=O)(=O)c2ccc(F)cc2)CC1. The highest BCUT2D eigenvalue weighted by Crippen LogP contribution is 2.27. The van der Waals surface area contributed by atoms with Crippen molar-refractivity contribution in [3.8, 4) is 0 Å². The van der Waals surface area contributed by atoms with E-state index in [-0.39, 0.29) is 17.2 Å². The van der Waals surface area contributed by atoms with Gasteiger partial charge in [-0.15, -0.1) is 0 Å². The van der Waals surface area contributed by atoms with Gasteiger partial charge in [-0.25, -0.2) is 12.8 Å². The summed E-state index contributed by atoms with van der Waals surface area (Å²) in [6, 6.07) is 10.1. The smallest absolute Gasteiger partial charge is 0.222 e. The van der Waals surface area contributed by atoms with Crippen molar-refractivity contribution in [3.05, 3.63) is 63.9 Å². The number of amides is 1. The molecule has 0 spiro atoms. The molecular weight excluding hydrogens is 424 g/mol. The van der Waals surface area contributed by atoms with Gasteiger partial charge in [0.2, 0.25) is 5.91 Å². The minimum atomic E-state index is -3.53. The van der Waals surface area contributed by atoms with Crippen LogP contribution >= 0.6 is 23.2 Å². The minimum absolute atomic E-state index is 0.0476. The number of halogens is 3. The molecule has 1 aliphatic rings. The molecule has 3 rings (SSSR count). The first-order valence-corrected chi connectivity index (χ1v) is 11.3. The maximum absolute atomic E-state index is 13.0. The van der Waals surface area contributed by atoms with E-state index in [0.29, 0.717) is 42.4 Å². The summed E-state index contributed by atoms with van der Waals surface area (Å²) >= 11 is 12.3. The van der Waals surface area contributed by atoms with E-state index in [4.69, 9.17) is 23.2 Å². The van der Waals surface area contributed by atoms with Gasteiger partial charge >= 0.3 is 0 Å².